The third-order valence-corrected chi connectivity index (χ3v) is 13.3. The van der Waals surface area contributed by atoms with Gasteiger partial charge in [0.25, 0.3) is 0 Å². The van der Waals surface area contributed by atoms with E-state index < -0.39 is 6.04 Å². The quantitative estimate of drug-likeness (QED) is 0.126. The van der Waals surface area contributed by atoms with Gasteiger partial charge >= 0.3 is 0 Å². The molecule has 2 saturated heterocycles. The lowest BCUT2D eigenvalue weighted by atomic mass is 10.0. The van der Waals surface area contributed by atoms with Crippen molar-refractivity contribution in [2.24, 2.45) is 0 Å². The SMILES string of the molecule is CCCCC(=O)N[C@@H](C(=O)N1CCC[C@H]1c1ncc(-c2ccc(-c3ccc(-c4cnc([C@@H]5CCCN5C(=O)Cc5ccccc5)s4)cc3)cc2)s1)c1ccccc1. The van der Waals surface area contributed by atoms with Gasteiger partial charge in [0.15, 0.2) is 0 Å². The fourth-order valence-electron chi connectivity index (χ4n) is 7.95. The molecule has 8 nitrogen and oxygen atoms in total. The number of rotatable bonds is 13. The van der Waals surface area contributed by atoms with Crippen LogP contribution in [0, 0.1) is 0 Å². The maximum atomic E-state index is 14.1. The number of hydrogen-bond acceptors (Lipinski definition) is 7. The summed E-state index contributed by atoms with van der Waals surface area (Å²) in [5.41, 5.74) is 6.29. The minimum absolute atomic E-state index is 0.0355. The fraction of sp³-hybridized carbons (Fsp3) is 0.298. The molecule has 0 bridgehead atoms. The number of carbonyl (C=O) groups is 3. The zero-order chi connectivity index (χ0) is 39.1. The number of nitrogens with zero attached hydrogens (tertiary/aromatic N) is 4. The van der Waals surface area contributed by atoms with Crippen molar-refractivity contribution < 1.29 is 14.4 Å². The Morgan fingerprint density at radius 3 is 1.75 bits per heavy atom. The van der Waals surface area contributed by atoms with Crippen LogP contribution in [0.15, 0.2) is 122 Å². The number of unbranched alkanes of at least 4 members (excludes halogenated alkanes) is 1. The molecule has 57 heavy (non-hydrogen) atoms. The summed E-state index contributed by atoms with van der Waals surface area (Å²) in [5.74, 6) is -0.0136. The van der Waals surface area contributed by atoms with E-state index in [-0.39, 0.29) is 29.8 Å². The van der Waals surface area contributed by atoms with Crippen molar-refractivity contribution in [3.63, 3.8) is 0 Å². The topological polar surface area (TPSA) is 95.5 Å². The molecule has 3 amide bonds. The van der Waals surface area contributed by atoms with Gasteiger partial charge in [0, 0.05) is 31.9 Å². The second-order valence-corrected chi connectivity index (χ2v) is 17.0. The Balaban J connectivity index is 0.916. The molecule has 2 aliphatic heterocycles. The van der Waals surface area contributed by atoms with E-state index >= 15 is 0 Å². The van der Waals surface area contributed by atoms with Gasteiger partial charge in [-0.15, -0.1) is 22.7 Å². The number of aromatic nitrogens is 2. The van der Waals surface area contributed by atoms with Gasteiger partial charge in [-0.3, -0.25) is 14.4 Å². The Kier molecular flexibility index (Phi) is 12.0. The van der Waals surface area contributed by atoms with E-state index in [4.69, 9.17) is 9.97 Å². The molecule has 10 heteroatoms. The Morgan fingerprint density at radius 2 is 1.19 bits per heavy atom. The molecule has 8 rings (SSSR count). The standard InChI is InChI=1S/C47H47N5O3S2/c1-2-3-18-42(53)50-44(37-14-8-5-9-15-37)47(55)52-28-11-17-39(52)46-49-31-41(57-46)36-25-21-34(22-26-36)33-19-23-35(24-20-33)40-30-48-45(56-40)38-16-10-27-51(38)43(54)29-32-12-6-4-7-13-32/h4-9,12-15,19-26,30-31,38-39,44H,2-3,10-11,16-18,27-29H2,1H3,(H,50,53)/t38-,39-,44+/m0/s1. The molecule has 2 aromatic heterocycles. The average Bonchev–Trinajstić information content (AvgIpc) is 4.10. The average molecular weight is 794 g/mol. The first kappa shape index (κ1) is 38.4. The molecule has 3 atom stereocenters. The molecule has 0 saturated carbocycles. The Morgan fingerprint density at radius 1 is 0.684 bits per heavy atom. The summed E-state index contributed by atoms with van der Waals surface area (Å²) in [6.45, 7) is 3.47. The molecular weight excluding hydrogens is 747 g/mol. The third-order valence-electron chi connectivity index (χ3n) is 11.0. The van der Waals surface area contributed by atoms with Crippen molar-refractivity contribution in [3.05, 3.63) is 143 Å². The van der Waals surface area contributed by atoms with E-state index in [9.17, 15) is 14.4 Å². The lowest BCUT2D eigenvalue weighted by Crippen LogP contribution is -2.42. The normalized spacial score (nSPS) is 17.1. The second-order valence-electron chi connectivity index (χ2n) is 14.9. The first-order valence-electron chi connectivity index (χ1n) is 20.1. The highest BCUT2D eigenvalue weighted by molar-refractivity contribution is 7.15. The summed E-state index contributed by atoms with van der Waals surface area (Å²) in [6, 6.07) is 35.9. The van der Waals surface area contributed by atoms with Gasteiger partial charge in [0.05, 0.1) is 28.3 Å². The van der Waals surface area contributed by atoms with Crippen LogP contribution >= 0.6 is 22.7 Å². The maximum Gasteiger partial charge on any atom is 0.250 e. The lowest BCUT2D eigenvalue weighted by molar-refractivity contribution is -0.137. The van der Waals surface area contributed by atoms with Gasteiger partial charge < -0.3 is 15.1 Å². The van der Waals surface area contributed by atoms with Crippen LogP contribution in [-0.2, 0) is 20.8 Å². The first-order chi connectivity index (χ1) is 27.9. The van der Waals surface area contributed by atoms with E-state index in [1.165, 1.54) is 0 Å². The number of amides is 3. The molecule has 0 unspecified atom stereocenters. The van der Waals surface area contributed by atoms with Gasteiger partial charge in [0.1, 0.15) is 16.1 Å². The van der Waals surface area contributed by atoms with E-state index in [1.807, 2.05) is 82.9 Å². The zero-order valence-electron chi connectivity index (χ0n) is 32.2. The van der Waals surface area contributed by atoms with Crippen molar-refractivity contribution in [3.8, 4) is 32.0 Å². The number of carbonyl (C=O) groups excluding carboxylic acids is 3. The van der Waals surface area contributed by atoms with Crippen molar-refractivity contribution in [1.29, 1.82) is 0 Å². The van der Waals surface area contributed by atoms with Crippen molar-refractivity contribution >= 4 is 40.4 Å². The summed E-state index contributed by atoms with van der Waals surface area (Å²) in [5, 5.41) is 4.96. The molecule has 0 spiro atoms. The van der Waals surface area contributed by atoms with E-state index in [2.05, 4.69) is 60.8 Å². The molecule has 2 fully saturated rings. The summed E-state index contributed by atoms with van der Waals surface area (Å²) in [4.78, 5) is 55.9. The predicted octanol–water partition coefficient (Wildman–Crippen LogP) is 10.2. The summed E-state index contributed by atoms with van der Waals surface area (Å²) in [7, 11) is 0. The van der Waals surface area contributed by atoms with E-state index in [0.717, 1.165) is 98.2 Å². The third kappa shape index (κ3) is 8.77. The highest BCUT2D eigenvalue weighted by Gasteiger charge is 2.37. The molecule has 0 aliphatic carbocycles. The van der Waals surface area contributed by atoms with Crippen LogP contribution in [0.25, 0.3) is 32.0 Å². The number of likely N-dealkylation sites (tertiary alicyclic amines) is 2. The van der Waals surface area contributed by atoms with Crippen LogP contribution in [0.2, 0.25) is 0 Å². The zero-order valence-corrected chi connectivity index (χ0v) is 33.8. The van der Waals surface area contributed by atoms with Crippen molar-refractivity contribution in [1.82, 2.24) is 25.1 Å². The highest BCUT2D eigenvalue weighted by atomic mass is 32.1. The van der Waals surface area contributed by atoms with Crippen LogP contribution in [0.3, 0.4) is 0 Å². The number of benzene rings is 4. The molecule has 290 valence electrons. The van der Waals surface area contributed by atoms with Crippen LogP contribution < -0.4 is 5.32 Å². The van der Waals surface area contributed by atoms with Gasteiger partial charge in [0.2, 0.25) is 17.7 Å². The van der Waals surface area contributed by atoms with Crippen LogP contribution in [0.4, 0.5) is 0 Å². The Hall–Kier alpha value is -5.45. The Bertz CT molecular complexity index is 2290. The summed E-state index contributed by atoms with van der Waals surface area (Å²) >= 11 is 3.31. The van der Waals surface area contributed by atoms with E-state index in [0.29, 0.717) is 19.4 Å². The molecule has 0 radical (unpaired) electrons. The van der Waals surface area contributed by atoms with Gasteiger partial charge in [-0.25, -0.2) is 9.97 Å². The number of nitrogens with one attached hydrogen (secondary N) is 1. The monoisotopic (exact) mass is 793 g/mol. The van der Waals surface area contributed by atoms with Crippen molar-refractivity contribution in [2.75, 3.05) is 13.1 Å². The summed E-state index contributed by atoms with van der Waals surface area (Å²) in [6.07, 6.45) is 10.1. The van der Waals surface area contributed by atoms with Gasteiger partial charge in [-0.1, -0.05) is 123 Å². The molecule has 4 aromatic carbocycles. The van der Waals surface area contributed by atoms with Gasteiger partial charge in [-0.2, -0.15) is 0 Å². The van der Waals surface area contributed by atoms with E-state index in [1.54, 1.807) is 22.7 Å². The number of thiazole rings is 2. The minimum Gasteiger partial charge on any atom is -0.341 e. The maximum absolute atomic E-state index is 14.1. The van der Waals surface area contributed by atoms with Crippen molar-refractivity contribution in [2.45, 2.75) is 76.4 Å². The smallest absolute Gasteiger partial charge is 0.250 e. The largest absolute Gasteiger partial charge is 0.341 e. The minimum atomic E-state index is -0.721. The molecule has 4 heterocycles. The first-order valence-corrected chi connectivity index (χ1v) is 21.7. The predicted molar refractivity (Wildman–Crippen MR) is 228 cm³/mol. The Labute approximate surface area is 342 Å². The highest BCUT2D eigenvalue weighted by Crippen LogP contribution is 2.40. The van der Waals surface area contributed by atoms with Gasteiger partial charge in [-0.05, 0) is 65.5 Å². The van der Waals surface area contributed by atoms with Crippen LogP contribution in [-0.4, -0.2) is 50.6 Å². The summed E-state index contributed by atoms with van der Waals surface area (Å²) < 4.78 is 0. The lowest BCUT2D eigenvalue weighted by Gasteiger charge is -2.28. The molecule has 1 N–H and O–H groups in total. The second kappa shape index (κ2) is 17.8. The van der Waals surface area contributed by atoms with Crippen LogP contribution in [0.1, 0.15) is 91.1 Å². The molecular formula is C47H47N5O3S2. The van der Waals surface area contributed by atoms with Crippen LogP contribution in [0.5, 0.6) is 0 Å². The molecule has 2 aliphatic rings. The number of hydrogen-bond donors (Lipinski definition) is 1. The molecule has 6 aromatic rings. The fourth-order valence-corrected chi connectivity index (χ4v) is 10.1.